The number of hydrogen-bond donors (Lipinski definition) is 5. The van der Waals surface area contributed by atoms with Crippen molar-refractivity contribution in [2.45, 2.75) is 77.7 Å². The number of ether oxygens (including phenoxy) is 1. The Morgan fingerprint density at radius 2 is 1.80 bits per heavy atom. The van der Waals surface area contributed by atoms with Crippen LogP contribution in [0.1, 0.15) is 75.1 Å². The molecule has 4 heterocycles. The molecule has 2 aliphatic heterocycles. The van der Waals surface area contributed by atoms with Crippen LogP contribution in [-0.2, 0) is 14.4 Å². The molecule has 0 unspecified atom stereocenters. The number of aromatic nitrogens is 3. The first-order chi connectivity index (χ1) is 28.6. The van der Waals surface area contributed by atoms with Crippen LogP contribution in [0.25, 0.3) is 11.4 Å². The van der Waals surface area contributed by atoms with Gasteiger partial charge in [-0.15, -0.1) is 6.42 Å². The molecule has 0 aliphatic carbocycles. The van der Waals surface area contributed by atoms with Crippen molar-refractivity contribution >= 4 is 35.0 Å². The molecule has 5 atom stereocenters. The Hall–Kier alpha value is -6.24. The van der Waals surface area contributed by atoms with Crippen molar-refractivity contribution in [1.82, 2.24) is 35.6 Å². The summed E-state index contributed by atoms with van der Waals surface area (Å²) in [4.78, 5) is 64.7. The second kappa shape index (κ2) is 18.8. The monoisotopic (exact) mass is 817 g/mol. The number of benzene rings is 2. The zero-order chi connectivity index (χ0) is 43.1. The molecule has 60 heavy (non-hydrogen) atoms. The summed E-state index contributed by atoms with van der Waals surface area (Å²) in [5.74, 6) is 1.67. The summed E-state index contributed by atoms with van der Waals surface area (Å²) in [5.41, 5.74) is 3.93. The van der Waals surface area contributed by atoms with E-state index in [1.54, 1.807) is 49.7 Å². The predicted octanol–water partition coefficient (Wildman–Crippen LogP) is 3.98. The number of likely N-dealkylation sites (tertiary alicyclic amines) is 1. The molecule has 0 bridgehead atoms. The van der Waals surface area contributed by atoms with Gasteiger partial charge < -0.3 is 35.6 Å². The van der Waals surface area contributed by atoms with Crippen molar-refractivity contribution in [3.8, 4) is 29.5 Å². The topological polar surface area (TPSA) is 185 Å². The first-order valence-electron chi connectivity index (χ1n) is 20.2. The highest BCUT2D eigenvalue weighted by atomic mass is 16.5. The molecule has 0 radical (unpaired) electrons. The molecule has 2 aromatic carbocycles. The average Bonchev–Trinajstić information content (AvgIpc) is 3.92. The van der Waals surface area contributed by atoms with Crippen LogP contribution in [0.5, 0.6) is 5.75 Å². The molecule has 2 aromatic heterocycles. The van der Waals surface area contributed by atoms with Crippen LogP contribution in [0.4, 0.5) is 11.4 Å². The van der Waals surface area contributed by atoms with E-state index < -0.39 is 29.5 Å². The van der Waals surface area contributed by atoms with Crippen LogP contribution in [0, 0.1) is 17.8 Å². The summed E-state index contributed by atoms with van der Waals surface area (Å²) in [6.45, 7) is 12.2. The van der Waals surface area contributed by atoms with E-state index in [2.05, 4.69) is 53.8 Å². The second-order valence-electron chi connectivity index (χ2n) is 16.6. The van der Waals surface area contributed by atoms with Gasteiger partial charge in [0.25, 0.3) is 5.91 Å². The first-order valence-corrected chi connectivity index (χ1v) is 20.2. The molecule has 15 heteroatoms. The normalized spacial score (nSPS) is 19.2. The van der Waals surface area contributed by atoms with Gasteiger partial charge in [0.2, 0.25) is 17.7 Å². The Kier molecular flexibility index (Phi) is 13.6. The van der Waals surface area contributed by atoms with Gasteiger partial charge in [-0.25, -0.2) is 4.98 Å². The Morgan fingerprint density at radius 1 is 1.03 bits per heavy atom. The highest BCUT2D eigenvalue weighted by Gasteiger charge is 2.44. The molecule has 15 nitrogen and oxygen atoms in total. The minimum absolute atomic E-state index is 0.00472. The van der Waals surface area contributed by atoms with E-state index in [0.717, 1.165) is 16.8 Å². The fourth-order valence-corrected chi connectivity index (χ4v) is 7.75. The molecule has 0 saturated carbocycles. The van der Waals surface area contributed by atoms with Crippen LogP contribution in [0.3, 0.4) is 0 Å². The van der Waals surface area contributed by atoms with Crippen LogP contribution in [0.2, 0.25) is 0 Å². The van der Waals surface area contributed by atoms with Gasteiger partial charge in [0.05, 0.1) is 36.3 Å². The minimum Gasteiger partial charge on any atom is -0.494 e. The number of aromatic amines is 1. The van der Waals surface area contributed by atoms with E-state index in [1.165, 1.54) is 4.90 Å². The van der Waals surface area contributed by atoms with Crippen LogP contribution >= 0.6 is 0 Å². The van der Waals surface area contributed by atoms with Crippen molar-refractivity contribution in [3.63, 3.8) is 0 Å². The fourth-order valence-electron chi connectivity index (χ4n) is 7.75. The maximum atomic E-state index is 14.1. The smallest absolute Gasteiger partial charge is 0.274 e. The maximum absolute atomic E-state index is 14.1. The Balaban J connectivity index is 1.02. The average molecular weight is 818 g/mol. The van der Waals surface area contributed by atoms with Crippen LogP contribution in [0.15, 0.2) is 72.9 Å². The lowest BCUT2D eigenvalue weighted by atomic mass is 9.85. The third-order valence-electron chi connectivity index (χ3n) is 11.1. The number of β-amino-alcohol motifs (C(OH)–C–C–N with tert-alkyl or cyclic N) is 1. The SMILES string of the molecule is C#Cc1ccc([C@H](C)NC(=O)[C@@H]2C[C@@H](O)CN2C(=O)[C@@H](NC(=O)CCN2CCN(c3ccc(NC(=O)c4cccc(-c5ccn[nH]5)n4)c(OC)c3)[C@@H](C)C2)C(C)(C)C)cc1. The summed E-state index contributed by atoms with van der Waals surface area (Å²) in [6.07, 6.45) is 6.51. The third kappa shape index (κ3) is 10.3. The molecule has 2 saturated heterocycles. The molecule has 316 valence electrons. The van der Waals surface area contributed by atoms with E-state index in [4.69, 9.17) is 11.2 Å². The fraction of sp³-hybridized carbons (Fsp3) is 0.422. The number of rotatable bonds is 13. The second-order valence-corrected chi connectivity index (χ2v) is 16.6. The largest absolute Gasteiger partial charge is 0.494 e. The summed E-state index contributed by atoms with van der Waals surface area (Å²) < 4.78 is 5.69. The number of piperazine rings is 1. The molecular weight excluding hydrogens is 763 g/mol. The number of anilines is 2. The number of methoxy groups -OCH3 is 1. The van der Waals surface area contributed by atoms with Gasteiger partial charge in [0.15, 0.2) is 0 Å². The molecule has 0 spiro atoms. The van der Waals surface area contributed by atoms with E-state index in [1.807, 2.05) is 58.0 Å². The highest BCUT2D eigenvalue weighted by molar-refractivity contribution is 6.04. The molecular formula is C45H55N9O6. The predicted molar refractivity (Wildman–Crippen MR) is 229 cm³/mol. The number of aliphatic hydroxyl groups excluding tert-OH is 1. The van der Waals surface area contributed by atoms with E-state index >= 15 is 0 Å². The van der Waals surface area contributed by atoms with Crippen LogP contribution < -0.4 is 25.6 Å². The highest BCUT2D eigenvalue weighted by Crippen LogP contribution is 2.32. The van der Waals surface area contributed by atoms with Gasteiger partial charge >= 0.3 is 0 Å². The van der Waals surface area contributed by atoms with Gasteiger partial charge in [-0.05, 0) is 67.3 Å². The van der Waals surface area contributed by atoms with Gasteiger partial charge in [0.1, 0.15) is 23.5 Å². The molecule has 4 amide bonds. The van der Waals surface area contributed by atoms with Crippen molar-refractivity contribution in [2.24, 2.45) is 5.41 Å². The number of amides is 4. The lowest BCUT2D eigenvalue weighted by molar-refractivity contribution is -0.144. The Bertz CT molecular complexity index is 2200. The first kappa shape index (κ1) is 43.3. The van der Waals surface area contributed by atoms with E-state index in [-0.39, 0.29) is 54.9 Å². The van der Waals surface area contributed by atoms with Gasteiger partial charge in [-0.1, -0.05) is 44.9 Å². The van der Waals surface area contributed by atoms with E-state index in [0.29, 0.717) is 49.0 Å². The van der Waals surface area contributed by atoms with Crippen molar-refractivity contribution in [1.29, 1.82) is 0 Å². The molecule has 2 aliphatic rings. The van der Waals surface area contributed by atoms with E-state index in [9.17, 15) is 24.3 Å². The lowest BCUT2D eigenvalue weighted by Crippen LogP contribution is -2.58. The van der Waals surface area contributed by atoms with Crippen molar-refractivity contribution < 1.29 is 29.0 Å². The number of nitrogens with zero attached hydrogens (tertiary/aromatic N) is 5. The third-order valence-corrected chi connectivity index (χ3v) is 11.1. The Labute approximate surface area is 351 Å². The number of pyridine rings is 1. The minimum atomic E-state index is -0.916. The number of terminal acetylenes is 1. The summed E-state index contributed by atoms with van der Waals surface area (Å²) in [5, 5.41) is 26.3. The number of H-pyrrole nitrogens is 1. The maximum Gasteiger partial charge on any atom is 0.274 e. The molecule has 4 aromatic rings. The quantitative estimate of drug-likeness (QED) is 0.124. The molecule has 5 N–H and O–H groups in total. The number of carbonyl (C=O) groups excluding carboxylic acids is 4. The molecule has 6 rings (SSSR count). The van der Waals surface area contributed by atoms with Gasteiger partial charge in [0, 0.05) is 75.1 Å². The van der Waals surface area contributed by atoms with Gasteiger partial charge in [-0.2, -0.15) is 5.10 Å². The zero-order valence-corrected chi connectivity index (χ0v) is 35.1. The lowest BCUT2D eigenvalue weighted by Gasteiger charge is -2.41. The number of carbonyl (C=O) groups is 4. The standard InChI is InChI=1S/C45H55N9O6/c1-8-30-12-14-31(15-13-30)29(3)47-43(58)38-25-33(55)27-54(38)44(59)41(45(4,5)6)50-40(56)19-21-52-22-23-53(28(2)26-52)32-16-17-36(39(24-32)60-7)49-42(57)37-11-9-10-34(48-37)35-18-20-46-51-35/h1,9-18,20,24,28-29,33,38,41,55H,19,21-23,25-27H2,2-7H3,(H,46,51)(H,47,58)(H,49,57)(H,50,56)/t28-,29-,33+,38-,41+/m0/s1. The van der Waals surface area contributed by atoms with Crippen LogP contribution in [-0.4, -0.2) is 118 Å². The number of aliphatic hydroxyl groups is 1. The number of nitrogens with one attached hydrogen (secondary N) is 4. The summed E-state index contributed by atoms with van der Waals surface area (Å²) in [6, 6.07) is 17.9. The van der Waals surface area contributed by atoms with Crippen molar-refractivity contribution in [2.75, 3.05) is 50.1 Å². The zero-order valence-electron chi connectivity index (χ0n) is 35.1. The summed E-state index contributed by atoms with van der Waals surface area (Å²) in [7, 11) is 1.56. The van der Waals surface area contributed by atoms with Crippen molar-refractivity contribution in [3.05, 3.63) is 89.7 Å². The molecule has 2 fully saturated rings. The number of hydrogen-bond acceptors (Lipinski definition) is 10. The summed E-state index contributed by atoms with van der Waals surface area (Å²) >= 11 is 0. The Morgan fingerprint density at radius 3 is 2.47 bits per heavy atom. The van der Waals surface area contributed by atoms with Gasteiger partial charge in [-0.3, -0.25) is 29.2 Å².